The van der Waals surface area contributed by atoms with Gasteiger partial charge in [0.1, 0.15) is 0 Å². The van der Waals surface area contributed by atoms with E-state index in [0.717, 1.165) is 51.6 Å². The Morgan fingerprint density at radius 1 is 1.04 bits per heavy atom. The van der Waals surface area contributed by atoms with Gasteiger partial charge in [0.25, 0.3) is 0 Å². The van der Waals surface area contributed by atoms with Crippen LogP contribution in [0.25, 0.3) is 0 Å². The molecule has 0 atom stereocenters. The van der Waals surface area contributed by atoms with Crippen LogP contribution >= 0.6 is 0 Å². The number of nitrogens with zero attached hydrogens (tertiary/aromatic N) is 2. The third-order valence-electron chi connectivity index (χ3n) is 5.58. The van der Waals surface area contributed by atoms with Gasteiger partial charge in [0.15, 0.2) is 0 Å². The van der Waals surface area contributed by atoms with Crippen LogP contribution in [0.3, 0.4) is 0 Å². The van der Waals surface area contributed by atoms with E-state index in [2.05, 4.69) is 10.2 Å². The molecule has 1 aromatic rings. The van der Waals surface area contributed by atoms with Crippen LogP contribution in [0.5, 0.6) is 0 Å². The molecule has 1 saturated carbocycles. The third kappa shape index (κ3) is 5.69. The smallest absolute Gasteiger partial charge is 0.239 e. The minimum Gasteiger partial charge on any atom is -0.372 e. The highest BCUT2D eigenvalue weighted by Gasteiger charge is 2.29. The van der Waals surface area contributed by atoms with Gasteiger partial charge in [-0.15, -0.1) is 0 Å². The summed E-state index contributed by atoms with van der Waals surface area (Å²) in [6.45, 7) is 2.05. The molecule has 0 aromatic heterocycles. The quantitative estimate of drug-likeness (QED) is 0.754. The first-order valence-corrected chi connectivity index (χ1v) is 11.9. The predicted molar refractivity (Wildman–Crippen MR) is 110 cm³/mol. The second kappa shape index (κ2) is 9.06. The van der Waals surface area contributed by atoms with E-state index in [1.807, 2.05) is 24.3 Å². The average molecular weight is 394 g/mol. The molecule has 0 bridgehead atoms. The standard InChI is InChI=1S/C20H31N3O3S/c1-27(25,26)23(19-8-4-2-3-5-9-19)16-20(24)21-17-10-12-18(13-11-17)22-14-6-7-15-22/h10-13,19H,2-9,14-16H2,1H3,(H,21,24). The predicted octanol–water partition coefficient (Wildman–Crippen LogP) is 3.21. The summed E-state index contributed by atoms with van der Waals surface area (Å²) in [6, 6.07) is 7.75. The van der Waals surface area contributed by atoms with Crippen molar-refractivity contribution < 1.29 is 13.2 Å². The highest BCUT2D eigenvalue weighted by molar-refractivity contribution is 7.88. The summed E-state index contributed by atoms with van der Waals surface area (Å²) >= 11 is 0. The van der Waals surface area contributed by atoms with Crippen LogP contribution in [0, 0.1) is 0 Å². The lowest BCUT2D eigenvalue weighted by Crippen LogP contribution is -2.44. The van der Waals surface area contributed by atoms with Gasteiger partial charge in [0, 0.05) is 30.5 Å². The lowest BCUT2D eigenvalue weighted by molar-refractivity contribution is -0.116. The van der Waals surface area contributed by atoms with Crippen LogP contribution in [0.1, 0.15) is 51.4 Å². The maximum absolute atomic E-state index is 12.5. The number of carbonyl (C=O) groups excluding carboxylic acids is 1. The molecule has 2 aliphatic rings. The van der Waals surface area contributed by atoms with E-state index in [4.69, 9.17) is 0 Å². The molecule has 1 N–H and O–H groups in total. The molecule has 1 aliphatic carbocycles. The van der Waals surface area contributed by atoms with Crippen molar-refractivity contribution in [1.29, 1.82) is 0 Å². The number of hydrogen-bond acceptors (Lipinski definition) is 4. The fourth-order valence-corrected chi connectivity index (χ4v) is 5.24. The van der Waals surface area contributed by atoms with Crippen LogP contribution in [0.2, 0.25) is 0 Å². The molecule has 1 saturated heterocycles. The Balaban J connectivity index is 1.61. The molecule has 27 heavy (non-hydrogen) atoms. The number of nitrogens with one attached hydrogen (secondary N) is 1. The fraction of sp³-hybridized carbons (Fsp3) is 0.650. The number of benzene rings is 1. The first-order valence-electron chi connectivity index (χ1n) is 10.1. The van der Waals surface area contributed by atoms with Gasteiger partial charge < -0.3 is 10.2 Å². The summed E-state index contributed by atoms with van der Waals surface area (Å²) in [7, 11) is -3.42. The normalized spacial score (nSPS) is 19.3. The summed E-state index contributed by atoms with van der Waals surface area (Å²) in [5.74, 6) is -0.279. The van der Waals surface area contributed by atoms with Crippen molar-refractivity contribution in [2.75, 3.05) is 36.1 Å². The Kier molecular flexibility index (Phi) is 6.76. The SMILES string of the molecule is CS(=O)(=O)N(CC(=O)Nc1ccc(N2CCCC2)cc1)C1CCCCCC1. The van der Waals surface area contributed by atoms with E-state index in [-0.39, 0.29) is 18.5 Å². The van der Waals surface area contributed by atoms with Crippen LogP contribution in [-0.2, 0) is 14.8 Å². The lowest BCUT2D eigenvalue weighted by atomic mass is 10.1. The summed E-state index contributed by atoms with van der Waals surface area (Å²) in [5, 5.41) is 2.85. The maximum Gasteiger partial charge on any atom is 0.239 e. The lowest BCUT2D eigenvalue weighted by Gasteiger charge is -2.28. The Bertz CT molecular complexity index is 719. The number of amides is 1. The average Bonchev–Trinajstić information content (AvgIpc) is 3.03. The first kappa shape index (κ1) is 20.1. The minimum atomic E-state index is -3.42. The number of sulfonamides is 1. The Hall–Kier alpha value is -1.60. The van der Waals surface area contributed by atoms with Crippen molar-refractivity contribution in [3.63, 3.8) is 0 Å². The molecule has 1 aromatic carbocycles. The van der Waals surface area contributed by atoms with E-state index in [1.165, 1.54) is 29.1 Å². The highest BCUT2D eigenvalue weighted by atomic mass is 32.2. The molecular weight excluding hydrogens is 362 g/mol. The molecule has 150 valence electrons. The van der Waals surface area contributed by atoms with Crippen molar-refractivity contribution in [2.45, 2.75) is 57.4 Å². The summed E-state index contributed by atoms with van der Waals surface area (Å²) in [4.78, 5) is 14.8. The number of hydrogen-bond donors (Lipinski definition) is 1. The largest absolute Gasteiger partial charge is 0.372 e. The number of carbonyl (C=O) groups is 1. The van der Waals surface area contributed by atoms with E-state index in [0.29, 0.717) is 5.69 Å². The molecular formula is C20H31N3O3S. The molecule has 2 fully saturated rings. The van der Waals surface area contributed by atoms with Gasteiger partial charge in [-0.05, 0) is 49.9 Å². The zero-order valence-corrected chi connectivity index (χ0v) is 17.0. The van der Waals surface area contributed by atoms with Gasteiger partial charge in [0.2, 0.25) is 15.9 Å². The molecule has 1 aliphatic heterocycles. The minimum absolute atomic E-state index is 0.0641. The molecule has 0 unspecified atom stereocenters. The van der Waals surface area contributed by atoms with Gasteiger partial charge in [-0.1, -0.05) is 25.7 Å². The van der Waals surface area contributed by atoms with Gasteiger partial charge >= 0.3 is 0 Å². The van der Waals surface area contributed by atoms with Gasteiger partial charge in [0.05, 0.1) is 12.8 Å². The van der Waals surface area contributed by atoms with Crippen molar-refractivity contribution in [1.82, 2.24) is 4.31 Å². The van der Waals surface area contributed by atoms with Crippen LogP contribution in [0.15, 0.2) is 24.3 Å². The molecule has 3 rings (SSSR count). The summed E-state index contributed by atoms with van der Waals surface area (Å²) in [6.07, 6.45) is 9.66. The summed E-state index contributed by atoms with van der Waals surface area (Å²) < 4.78 is 25.9. The molecule has 7 heteroatoms. The first-order chi connectivity index (χ1) is 12.9. The Labute approximate surface area is 163 Å². The van der Waals surface area contributed by atoms with Crippen LogP contribution in [-0.4, -0.2) is 50.6 Å². The van der Waals surface area contributed by atoms with Crippen LogP contribution in [0.4, 0.5) is 11.4 Å². The fourth-order valence-electron chi connectivity index (χ4n) is 4.14. The zero-order chi connectivity index (χ0) is 19.3. The van der Waals surface area contributed by atoms with E-state index in [9.17, 15) is 13.2 Å². The number of anilines is 2. The summed E-state index contributed by atoms with van der Waals surface area (Å²) in [5.41, 5.74) is 1.87. The topological polar surface area (TPSA) is 69.7 Å². The van der Waals surface area contributed by atoms with E-state index < -0.39 is 10.0 Å². The zero-order valence-electron chi connectivity index (χ0n) is 16.2. The van der Waals surface area contributed by atoms with E-state index >= 15 is 0 Å². The van der Waals surface area contributed by atoms with Crippen molar-refractivity contribution >= 4 is 27.3 Å². The molecule has 6 nitrogen and oxygen atoms in total. The molecule has 0 radical (unpaired) electrons. The second-order valence-corrected chi connectivity index (χ2v) is 9.68. The van der Waals surface area contributed by atoms with E-state index in [1.54, 1.807) is 0 Å². The highest BCUT2D eigenvalue weighted by Crippen LogP contribution is 2.24. The maximum atomic E-state index is 12.5. The number of rotatable bonds is 6. The van der Waals surface area contributed by atoms with Gasteiger partial charge in [-0.25, -0.2) is 8.42 Å². The van der Waals surface area contributed by atoms with Crippen molar-refractivity contribution in [3.8, 4) is 0 Å². The Morgan fingerprint density at radius 3 is 2.19 bits per heavy atom. The molecule has 1 heterocycles. The van der Waals surface area contributed by atoms with Gasteiger partial charge in [-0.3, -0.25) is 4.79 Å². The van der Waals surface area contributed by atoms with Crippen molar-refractivity contribution in [2.24, 2.45) is 0 Å². The second-order valence-electron chi connectivity index (χ2n) is 7.74. The van der Waals surface area contributed by atoms with Gasteiger partial charge in [-0.2, -0.15) is 4.31 Å². The Morgan fingerprint density at radius 2 is 1.63 bits per heavy atom. The third-order valence-corrected chi connectivity index (χ3v) is 6.86. The molecule has 1 amide bonds. The van der Waals surface area contributed by atoms with Crippen molar-refractivity contribution in [3.05, 3.63) is 24.3 Å². The van der Waals surface area contributed by atoms with Crippen LogP contribution < -0.4 is 10.2 Å². The monoisotopic (exact) mass is 393 g/mol. The molecule has 0 spiro atoms.